The molecule has 0 saturated carbocycles. The second-order valence-corrected chi connectivity index (χ2v) is 13.5. The Bertz CT molecular complexity index is 1530. The normalized spacial score (nSPS) is 12.1. The van der Waals surface area contributed by atoms with Crippen LogP contribution >= 0.6 is 34.8 Å². The van der Waals surface area contributed by atoms with Gasteiger partial charge in [0.15, 0.2) is 0 Å². The van der Waals surface area contributed by atoms with Crippen molar-refractivity contribution in [2.75, 3.05) is 24.5 Å². The number of rotatable bonds is 13. The summed E-state index contributed by atoms with van der Waals surface area (Å²) in [6.45, 7) is 7.19. The molecular weight excluding hydrogens is 633 g/mol. The van der Waals surface area contributed by atoms with Crippen molar-refractivity contribution in [3.63, 3.8) is 0 Å². The lowest BCUT2D eigenvalue weighted by Crippen LogP contribution is -2.52. The van der Waals surface area contributed by atoms with Gasteiger partial charge in [-0.2, -0.15) is 0 Å². The molecule has 0 heterocycles. The number of benzene rings is 3. The number of carbonyl (C=O) groups excluding carboxylic acids is 2. The van der Waals surface area contributed by atoms with Gasteiger partial charge in [-0.3, -0.25) is 13.9 Å². The van der Waals surface area contributed by atoms with E-state index in [0.29, 0.717) is 27.9 Å². The fourth-order valence-electron chi connectivity index (χ4n) is 4.37. The van der Waals surface area contributed by atoms with Crippen LogP contribution in [0.15, 0.2) is 65.6 Å². The van der Waals surface area contributed by atoms with Crippen molar-refractivity contribution in [2.45, 2.75) is 51.6 Å². The molecule has 3 aromatic carbocycles. The lowest BCUT2D eigenvalue weighted by Gasteiger charge is -2.33. The zero-order valence-corrected chi connectivity index (χ0v) is 27.8. The first-order chi connectivity index (χ1) is 20.3. The summed E-state index contributed by atoms with van der Waals surface area (Å²) in [6.07, 6.45) is 0.261. The van der Waals surface area contributed by atoms with E-state index in [1.54, 1.807) is 37.3 Å². The van der Waals surface area contributed by atoms with Crippen LogP contribution in [0.2, 0.25) is 15.1 Å². The van der Waals surface area contributed by atoms with Crippen molar-refractivity contribution >= 4 is 62.3 Å². The summed E-state index contributed by atoms with van der Waals surface area (Å²) in [5, 5.41) is 3.68. The first-order valence-corrected chi connectivity index (χ1v) is 16.3. The Morgan fingerprint density at radius 3 is 2.12 bits per heavy atom. The van der Waals surface area contributed by atoms with Gasteiger partial charge in [-0.15, -0.1) is 0 Å². The second-order valence-electron chi connectivity index (χ2n) is 10.4. The minimum Gasteiger partial charge on any atom is -0.495 e. The number of methoxy groups -OCH3 is 1. The molecule has 232 valence electrons. The highest BCUT2D eigenvalue weighted by Crippen LogP contribution is 2.33. The van der Waals surface area contributed by atoms with Crippen LogP contribution in [-0.2, 0) is 26.2 Å². The van der Waals surface area contributed by atoms with Gasteiger partial charge >= 0.3 is 0 Å². The van der Waals surface area contributed by atoms with Crippen molar-refractivity contribution in [2.24, 2.45) is 5.92 Å². The second kappa shape index (κ2) is 15.1. The number of amides is 2. The third-order valence-corrected chi connectivity index (χ3v) is 9.56. The van der Waals surface area contributed by atoms with E-state index in [-0.39, 0.29) is 40.4 Å². The number of halogens is 3. The van der Waals surface area contributed by atoms with Gasteiger partial charge in [0, 0.05) is 28.7 Å². The van der Waals surface area contributed by atoms with E-state index in [4.69, 9.17) is 39.5 Å². The SMILES string of the molecule is CCC(C(=O)NCC(C)C)N(Cc1c(Cl)cccc1Cl)C(=O)CN(c1ccc(OC)c(Cl)c1)S(=O)(=O)c1ccc(C)cc1. The molecule has 1 atom stereocenters. The standard InChI is InChI=1S/C31H36Cl3N3O5S/c1-6-28(31(39)35-17-20(2)3)36(18-24-25(32)8-7-9-26(24)33)30(38)19-37(22-12-15-29(42-5)27(34)16-22)43(40,41)23-13-10-21(4)11-14-23/h7-16,20,28H,6,17-19H2,1-5H3,(H,35,39). The summed E-state index contributed by atoms with van der Waals surface area (Å²) in [5.74, 6) is -0.482. The number of ether oxygens (including phenoxy) is 1. The largest absolute Gasteiger partial charge is 0.495 e. The highest BCUT2D eigenvalue weighted by atomic mass is 35.5. The molecule has 1 N–H and O–H groups in total. The maximum atomic E-state index is 14.2. The molecule has 8 nitrogen and oxygen atoms in total. The van der Waals surface area contributed by atoms with Crippen LogP contribution in [0.3, 0.4) is 0 Å². The van der Waals surface area contributed by atoms with Crippen LogP contribution in [0.5, 0.6) is 5.75 Å². The Balaban J connectivity index is 2.12. The quantitative estimate of drug-likeness (QED) is 0.218. The summed E-state index contributed by atoms with van der Waals surface area (Å²) >= 11 is 19.3. The number of carbonyl (C=O) groups is 2. The van der Waals surface area contributed by atoms with E-state index < -0.39 is 28.5 Å². The molecular formula is C31H36Cl3N3O5S. The van der Waals surface area contributed by atoms with E-state index in [1.807, 2.05) is 20.8 Å². The number of nitrogens with one attached hydrogen (secondary N) is 1. The molecule has 0 spiro atoms. The fraction of sp³-hybridized carbons (Fsp3) is 0.355. The minimum absolute atomic E-state index is 0.0137. The molecule has 3 aromatic rings. The highest BCUT2D eigenvalue weighted by Gasteiger charge is 2.34. The molecule has 0 radical (unpaired) electrons. The van der Waals surface area contributed by atoms with E-state index in [9.17, 15) is 18.0 Å². The summed E-state index contributed by atoms with van der Waals surface area (Å²) in [7, 11) is -2.82. The van der Waals surface area contributed by atoms with Gasteiger partial charge in [-0.25, -0.2) is 8.42 Å². The van der Waals surface area contributed by atoms with E-state index in [1.165, 1.54) is 42.3 Å². The molecule has 0 saturated heterocycles. The lowest BCUT2D eigenvalue weighted by molar-refractivity contribution is -0.140. The van der Waals surface area contributed by atoms with Crippen LogP contribution in [0.25, 0.3) is 0 Å². The van der Waals surface area contributed by atoms with Gasteiger partial charge < -0.3 is 15.0 Å². The van der Waals surface area contributed by atoms with Crippen LogP contribution in [0.1, 0.15) is 38.3 Å². The number of anilines is 1. The van der Waals surface area contributed by atoms with E-state index in [2.05, 4.69) is 5.32 Å². The summed E-state index contributed by atoms with van der Waals surface area (Å²) in [5.41, 5.74) is 1.46. The Morgan fingerprint density at radius 1 is 0.953 bits per heavy atom. The Kier molecular flexibility index (Phi) is 12.2. The Labute approximate surface area is 268 Å². The molecule has 0 bridgehead atoms. The van der Waals surface area contributed by atoms with Gasteiger partial charge in [0.25, 0.3) is 10.0 Å². The number of hydrogen-bond donors (Lipinski definition) is 1. The maximum absolute atomic E-state index is 14.2. The van der Waals surface area contributed by atoms with Gasteiger partial charge in [0.2, 0.25) is 11.8 Å². The van der Waals surface area contributed by atoms with Gasteiger partial charge in [0.05, 0.1) is 22.7 Å². The summed E-state index contributed by atoms with van der Waals surface area (Å²) in [4.78, 5) is 28.9. The van der Waals surface area contributed by atoms with Crippen molar-refractivity contribution in [3.05, 3.63) is 86.9 Å². The molecule has 0 aliphatic heterocycles. The monoisotopic (exact) mass is 667 g/mol. The third kappa shape index (κ3) is 8.56. The third-order valence-electron chi connectivity index (χ3n) is 6.77. The maximum Gasteiger partial charge on any atom is 0.264 e. The van der Waals surface area contributed by atoms with Crippen LogP contribution < -0.4 is 14.4 Å². The first kappa shape index (κ1) is 34.5. The molecule has 43 heavy (non-hydrogen) atoms. The lowest BCUT2D eigenvalue weighted by atomic mass is 10.1. The molecule has 0 aliphatic rings. The van der Waals surface area contributed by atoms with Crippen LogP contribution in [-0.4, -0.2) is 51.4 Å². The Morgan fingerprint density at radius 2 is 1.58 bits per heavy atom. The van der Waals surface area contributed by atoms with Crippen molar-refractivity contribution < 1.29 is 22.7 Å². The van der Waals surface area contributed by atoms with Crippen molar-refractivity contribution in [3.8, 4) is 5.75 Å². The van der Waals surface area contributed by atoms with E-state index >= 15 is 0 Å². The average Bonchev–Trinajstić information content (AvgIpc) is 2.96. The smallest absolute Gasteiger partial charge is 0.264 e. The zero-order chi connectivity index (χ0) is 31.9. The summed E-state index contributed by atoms with van der Waals surface area (Å²) in [6, 6.07) is 14.8. The minimum atomic E-state index is -4.27. The molecule has 0 aromatic heterocycles. The topological polar surface area (TPSA) is 96.0 Å². The first-order valence-electron chi connectivity index (χ1n) is 13.7. The average molecular weight is 669 g/mol. The van der Waals surface area contributed by atoms with Gasteiger partial charge in [-0.05, 0) is 61.7 Å². The number of nitrogens with zero attached hydrogens (tertiary/aromatic N) is 2. The van der Waals surface area contributed by atoms with Gasteiger partial charge in [0.1, 0.15) is 18.3 Å². The molecule has 3 rings (SSSR count). The number of aryl methyl sites for hydroxylation is 1. The fourth-order valence-corrected chi connectivity index (χ4v) is 6.55. The zero-order valence-electron chi connectivity index (χ0n) is 24.7. The summed E-state index contributed by atoms with van der Waals surface area (Å²) < 4.78 is 34.3. The molecule has 12 heteroatoms. The predicted molar refractivity (Wildman–Crippen MR) is 173 cm³/mol. The predicted octanol–water partition coefficient (Wildman–Crippen LogP) is 6.74. The van der Waals surface area contributed by atoms with Crippen LogP contribution in [0.4, 0.5) is 5.69 Å². The van der Waals surface area contributed by atoms with Crippen molar-refractivity contribution in [1.82, 2.24) is 10.2 Å². The van der Waals surface area contributed by atoms with E-state index in [0.717, 1.165) is 9.87 Å². The molecule has 0 aliphatic carbocycles. The Hall–Kier alpha value is -2.98. The van der Waals surface area contributed by atoms with Crippen LogP contribution in [0, 0.1) is 12.8 Å². The number of sulfonamides is 1. The molecule has 2 amide bonds. The van der Waals surface area contributed by atoms with Gasteiger partial charge in [-0.1, -0.05) is 79.3 Å². The highest BCUT2D eigenvalue weighted by molar-refractivity contribution is 7.92. The molecule has 0 fully saturated rings. The van der Waals surface area contributed by atoms with Crippen molar-refractivity contribution in [1.29, 1.82) is 0 Å². The molecule has 1 unspecified atom stereocenters. The number of hydrogen-bond acceptors (Lipinski definition) is 5.